The lowest BCUT2D eigenvalue weighted by Gasteiger charge is -2.16. The maximum atomic E-state index is 11.6. The van der Waals surface area contributed by atoms with Crippen LogP contribution < -0.4 is 0 Å². The Morgan fingerprint density at radius 2 is 1.21 bits per heavy atom. The lowest BCUT2D eigenvalue weighted by molar-refractivity contribution is -0.167. The van der Waals surface area contributed by atoms with Gasteiger partial charge in [0.1, 0.15) is 0 Å². The highest BCUT2D eigenvalue weighted by Crippen LogP contribution is 2.23. The van der Waals surface area contributed by atoms with Crippen molar-refractivity contribution in [1.29, 1.82) is 0 Å². The molecule has 0 saturated carbocycles. The molecular weight excluding hydrogens is 280 g/mol. The van der Waals surface area contributed by atoms with Crippen LogP contribution in [0.25, 0.3) is 0 Å². The Labute approximate surface area is 111 Å². The van der Waals surface area contributed by atoms with Gasteiger partial charge in [0.05, 0.1) is 12.2 Å². The summed E-state index contributed by atoms with van der Waals surface area (Å²) in [5.74, 6) is -2.00. The second kappa shape index (κ2) is 5.85. The average Bonchev–Trinajstić information content (AvgIpc) is 2.52. The molecule has 1 aliphatic heterocycles. The highest BCUT2D eigenvalue weighted by Gasteiger charge is 2.51. The molecule has 0 aromatic heterocycles. The molecule has 19 heavy (non-hydrogen) atoms. The van der Waals surface area contributed by atoms with Crippen molar-refractivity contribution in [3.8, 4) is 0 Å². The summed E-state index contributed by atoms with van der Waals surface area (Å²) in [6.45, 7) is 6.29. The average molecular weight is 296 g/mol. The maximum Gasteiger partial charge on any atom is 0.401 e. The first-order valence-electron chi connectivity index (χ1n) is 5.65. The highest BCUT2D eigenvalue weighted by molar-refractivity contribution is 7.82. The van der Waals surface area contributed by atoms with Gasteiger partial charge in [-0.05, 0) is 27.7 Å². The fourth-order valence-electron chi connectivity index (χ4n) is 1.30. The number of rotatable bonds is 4. The van der Waals surface area contributed by atoms with E-state index >= 15 is 0 Å². The first-order valence-corrected chi connectivity index (χ1v) is 6.98. The van der Waals surface area contributed by atoms with Crippen molar-refractivity contribution < 1.29 is 35.8 Å². The number of ether oxygens (including phenoxy) is 2. The van der Waals surface area contributed by atoms with Crippen LogP contribution >= 0.6 is 0 Å². The van der Waals surface area contributed by atoms with E-state index in [0.29, 0.717) is 0 Å². The van der Waals surface area contributed by atoms with Crippen LogP contribution in [0.2, 0.25) is 0 Å². The second-order valence-corrected chi connectivity index (χ2v) is 5.61. The zero-order valence-electron chi connectivity index (χ0n) is 11.0. The summed E-state index contributed by atoms with van der Waals surface area (Å²) < 4.78 is 40.7. The van der Waals surface area contributed by atoms with Crippen molar-refractivity contribution in [2.75, 3.05) is 0 Å². The lowest BCUT2D eigenvalue weighted by Crippen LogP contribution is -2.40. The lowest BCUT2D eigenvalue weighted by atomic mass is 10.2. The number of hydrogen-bond acceptors (Lipinski definition) is 8. The molecule has 1 heterocycles. The van der Waals surface area contributed by atoms with Crippen LogP contribution in [0.15, 0.2) is 0 Å². The molecule has 1 rings (SSSR count). The molecule has 2 unspecified atom stereocenters. The van der Waals surface area contributed by atoms with Gasteiger partial charge in [-0.15, -0.1) is 0 Å². The Morgan fingerprint density at radius 3 is 1.47 bits per heavy atom. The van der Waals surface area contributed by atoms with Crippen molar-refractivity contribution in [1.82, 2.24) is 0 Å². The summed E-state index contributed by atoms with van der Waals surface area (Å²) in [5.41, 5.74) is 0. The Morgan fingerprint density at radius 1 is 0.895 bits per heavy atom. The molecule has 0 aliphatic carbocycles. The molecule has 1 fully saturated rings. The summed E-state index contributed by atoms with van der Waals surface area (Å²) in [4.78, 5) is 23.3. The summed E-state index contributed by atoms with van der Waals surface area (Å²) in [6.07, 6.45) is -4.33. The number of esters is 2. The molecular formula is C10H16O8S. The topological polar surface area (TPSA) is 105 Å². The monoisotopic (exact) mass is 296 g/mol. The van der Waals surface area contributed by atoms with Crippen molar-refractivity contribution >= 4 is 22.3 Å². The first kappa shape index (κ1) is 15.9. The van der Waals surface area contributed by atoms with Gasteiger partial charge in [-0.3, -0.25) is 0 Å². The van der Waals surface area contributed by atoms with Crippen LogP contribution in [-0.2, 0) is 37.8 Å². The Kier molecular flexibility index (Phi) is 4.88. The van der Waals surface area contributed by atoms with Crippen molar-refractivity contribution in [2.24, 2.45) is 0 Å². The zero-order chi connectivity index (χ0) is 14.8. The SMILES string of the molecule is CC(C)OC(=O)C1OS(=O)(=O)OC1C(=O)OC(C)C. The van der Waals surface area contributed by atoms with E-state index in [2.05, 4.69) is 8.37 Å². The number of hydrogen-bond donors (Lipinski definition) is 0. The maximum absolute atomic E-state index is 11.6. The number of carbonyl (C=O) groups excluding carboxylic acids is 2. The third kappa shape index (κ3) is 4.44. The summed E-state index contributed by atoms with van der Waals surface area (Å²) in [6, 6.07) is 0. The molecule has 0 aromatic carbocycles. The third-order valence-electron chi connectivity index (χ3n) is 1.89. The van der Waals surface area contributed by atoms with Gasteiger partial charge >= 0.3 is 22.3 Å². The van der Waals surface area contributed by atoms with Gasteiger partial charge in [-0.25, -0.2) is 18.0 Å². The normalized spacial score (nSPS) is 25.6. The van der Waals surface area contributed by atoms with E-state index in [0.717, 1.165) is 0 Å². The molecule has 1 saturated heterocycles. The molecule has 0 N–H and O–H groups in total. The largest absolute Gasteiger partial charge is 0.461 e. The van der Waals surface area contributed by atoms with E-state index < -0.39 is 46.8 Å². The van der Waals surface area contributed by atoms with Crippen molar-refractivity contribution in [3.05, 3.63) is 0 Å². The predicted octanol–water partition coefficient (Wildman–Crippen LogP) is -0.0816. The molecule has 110 valence electrons. The van der Waals surface area contributed by atoms with Gasteiger partial charge in [-0.1, -0.05) is 0 Å². The molecule has 0 bridgehead atoms. The van der Waals surface area contributed by atoms with E-state index in [1.165, 1.54) is 0 Å². The molecule has 1 aliphatic rings. The molecule has 0 spiro atoms. The zero-order valence-corrected chi connectivity index (χ0v) is 11.8. The molecule has 9 heteroatoms. The van der Waals surface area contributed by atoms with Crippen LogP contribution in [0.3, 0.4) is 0 Å². The smallest absolute Gasteiger partial charge is 0.401 e. The minimum atomic E-state index is -4.41. The van der Waals surface area contributed by atoms with Gasteiger partial charge in [0.25, 0.3) is 0 Å². The first-order chi connectivity index (χ1) is 8.62. The van der Waals surface area contributed by atoms with Crippen LogP contribution in [0.1, 0.15) is 27.7 Å². The standard InChI is InChI=1S/C10H16O8S/c1-5(2)15-9(11)7-8(10(12)16-6(3)4)18-19(13,14)17-7/h5-8H,1-4H3. The van der Waals surface area contributed by atoms with Gasteiger partial charge in [0.2, 0.25) is 12.2 Å². The molecule has 8 nitrogen and oxygen atoms in total. The van der Waals surface area contributed by atoms with Gasteiger partial charge in [0, 0.05) is 0 Å². The molecule has 0 aromatic rings. The van der Waals surface area contributed by atoms with Gasteiger partial charge in [0.15, 0.2) is 0 Å². The minimum Gasteiger partial charge on any atom is -0.461 e. The fraction of sp³-hybridized carbons (Fsp3) is 0.800. The second-order valence-electron chi connectivity index (χ2n) is 4.41. The third-order valence-corrected chi connectivity index (χ3v) is 2.77. The van der Waals surface area contributed by atoms with E-state index in [-0.39, 0.29) is 0 Å². The fourth-order valence-corrected chi connectivity index (χ4v) is 2.21. The van der Waals surface area contributed by atoms with E-state index in [1.807, 2.05) is 0 Å². The summed E-state index contributed by atoms with van der Waals surface area (Å²) in [7, 11) is -4.41. The number of carbonyl (C=O) groups is 2. The predicted molar refractivity (Wildman–Crippen MR) is 61.1 cm³/mol. The summed E-state index contributed by atoms with van der Waals surface area (Å²) in [5, 5.41) is 0. The van der Waals surface area contributed by atoms with Crippen molar-refractivity contribution in [2.45, 2.75) is 52.1 Å². The molecule has 2 atom stereocenters. The van der Waals surface area contributed by atoms with E-state index in [1.54, 1.807) is 27.7 Å². The molecule has 0 radical (unpaired) electrons. The van der Waals surface area contributed by atoms with Crippen molar-refractivity contribution in [3.63, 3.8) is 0 Å². The van der Waals surface area contributed by atoms with Crippen LogP contribution in [-0.4, -0.2) is 44.8 Å². The Balaban J connectivity index is 2.87. The van der Waals surface area contributed by atoms with Gasteiger partial charge < -0.3 is 9.47 Å². The summed E-state index contributed by atoms with van der Waals surface area (Å²) >= 11 is 0. The van der Waals surface area contributed by atoms with E-state index in [9.17, 15) is 18.0 Å². The highest BCUT2D eigenvalue weighted by atomic mass is 32.3. The van der Waals surface area contributed by atoms with Crippen LogP contribution in [0, 0.1) is 0 Å². The van der Waals surface area contributed by atoms with Gasteiger partial charge in [-0.2, -0.15) is 8.42 Å². The minimum absolute atomic E-state index is 0.485. The quantitative estimate of drug-likeness (QED) is 0.663. The van der Waals surface area contributed by atoms with Crippen LogP contribution in [0.4, 0.5) is 0 Å². The van der Waals surface area contributed by atoms with Crippen LogP contribution in [0.5, 0.6) is 0 Å². The molecule has 0 amide bonds. The van der Waals surface area contributed by atoms with E-state index in [4.69, 9.17) is 9.47 Å². The Hall–Kier alpha value is -1.19. The Bertz CT molecular complexity index is 416.